The molecule has 4 rings (SSSR count). The summed E-state index contributed by atoms with van der Waals surface area (Å²) < 4.78 is 22.2. The SMILES string of the molecule is O=C1CCC(N2C(=O)c3cccc(OCCOCCOCCOCc4ccccc4)c3C2=O)C(=O)N1. The van der Waals surface area contributed by atoms with Crippen molar-refractivity contribution >= 4 is 23.6 Å². The Morgan fingerprint density at radius 1 is 0.778 bits per heavy atom. The lowest BCUT2D eigenvalue weighted by atomic mass is 10.0. The summed E-state index contributed by atoms with van der Waals surface area (Å²) >= 11 is 0. The van der Waals surface area contributed by atoms with Gasteiger partial charge in [0.25, 0.3) is 11.8 Å². The van der Waals surface area contributed by atoms with E-state index in [0.717, 1.165) is 10.5 Å². The van der Waals surface area contributed by atoms with Crippen LogP contribution < -0.4 is 10.1 Å². The molecular formula is C26H28N2O8. The van der Waals surface area contributed by atoms with Gasteiger partial charge in [0, 0.05) is 6.42 Å². The Bertz CT molecular complexity index is 1100. The van der Waals surface area contributed by atoms with Crippen LogP contribution in [0.4, 0.5) is 0 Å². The van der Waals surface area contributed by atoms with Gasteiger partial charge in [0.2, 0.25) is 11.8 Å². The molecule has 1 unspecified atom stereocenters. The van der Waals surface area contributed by atoms with E-state index in [2.05, 4.69) is 5.32 Å². The summed E-state index contributed by atoms with van der Waals surface area (Å²) in [7, 11) is 0. The smallest absolute Gasteiger partial charge is 0.266 e. The van der Waals surface area contributed by atoms with Crippen LogP contribution in [0.1, 0.15) is 39.1 Å². The van der Waals surface area contributed by atoms with Crippen LogP contribution >= 0.6 is 0 Å². The minimum atomic E-state index is -1.02. The number of hydrogen-bond acceptors (Lipinski definition) is 8. The molecule has 1 saturated heterocycles. The second-order valence-electron chi connectivity index (χ2n) is 8.24. The molecule has 10 nitrogen and oxygen atoms in total. The number of carbonyl (C=O) groups is 4. The third-order valence-electron chi connectivity index (χ3n) is 5.77. The van der Waals surface area contributed by atoms with Crippen LogP contribution in [0.25, 0.3) is 0 Å². The number of rotatable bonds is 13. The molecule has 2 aliphatic rings. The Morgan fingerprint density at radius 3 is 2.19 bits per heavy atom. The van der Waals surface area contributed by atoms with Crippen LogP contribution in [0.2, 0.25) is 0 Å². The Balaban J connectivity index is 1.15. The van der Waals surface area contributed by atoms with Gasteiger partial charge >= 0.3 is 0 Å². The normalized spacial score (nSPS) is 17.3. The van der Waals surface area contributed by atoms with Crippen molar-refractivity contribution < 1.29 is 38.1 Å². The molecule has 0 aromatic heterocycles. The predicted molar refractivity (Wildman–Crippen MR) is 126 cm³/mol. The predicted octanol–water partition coefficient (Wildman–Crippen LogP) is 1.72. The van der Waals surface area contributed by atoms with Gasteiger partial charge in [0.1, 0.15) is 18.4 Å². The van der Waals surface area contributed by atoms with Gasteiger partial charge in [-0.05, 0) is 24.1 Å². The van der Waals surface area contributed by atoms with E-state index in [-0.39, 0.29) is 42.9 Å². The van der Waals surface area contributed by atoms with Crippen molar-refractivity contribution in [3.63, 3.8) is 0 Å². The molecule has 1 fully saturated rings. The molecule has 0 bridgehead atoms. The molecule has 2 heterocycles. The Kier molecular flexibility index (Phi) is 8.77. The first-order valence-corrected chi connectivity index (χ1v) is 11.8. The Labute approximate surface area is 208 Å². The lowest BCUT2D eigenvalue weighted by Gasteiger charge is -2.27. The maximum Gasteiger partial charge on any atom is 0.266 e. The number of nitrogens with one attached hydrogen (secondary N) is 1. The van der Waals surface area contributed by atoms with Crippen molar-refractivity contribution in [2.75, 3.05) is 39.6 Å². The molecule has 0 spiro atoms. The van der Waals surface area contributed by atoms with E-state index < -0.39 is 29.7 Å². The fourth-order valence-corrected chi connectivity index (χ4v) is 4.02. The summed E-state index contributed by atoms with van der Waals surface area (Å²) in [5, 5.41) is 2.18. The van der Waals surface area contributed by atoms with E-state index in [0.29, 0.717) is 33.0 Å². The number of hydrogen-bond donors (Lipinski definition) is 1. The standard InChI is InChI=1S/C26H28N2O8/c29-22-10-9-20(24(30)27-22)28-25(31)19-7-4-8-21(23(19)26(28)32)36-16-15-34-12-11-33-13-14-35-17-18-5-2-1-3-6-18/h1-8,20H,9-17H2,(H,27,29,30). The van der Waals surface area contributed by atoms with Crippen LogP contribution in [0.15, 0.2) is 48.5 Å². The molecule has 190 valence electrons. The summed E-state index contributed by atoms with van der Waals surface area (Å²) in [6, 6.07) is 13.6. The molecule has 2 aromatic rings. The zero-order valence-electron chi connectivity index (χ0n) is 19.8. The zero-order valence-corrected chi connectivity index (χ0v) is 19.8. The molecule has 1 N–H and O–H groups in total. The fourth-order valence-electron chi connectivity index (χ4n) is 4.02. The van der Waals surface area contributed by atoms with Gasteiger partial charge < -0.3 is 18.9 Å². The molecule has 0 radical (unpaired) electrons. The van der Waals surface area contributed by atoms with Gasteiger partial charge in [0.05, 0.1) is 50.8 Å². The summed E-state index contributed by atoms with van der Waals surface area (Å²) in [5.74, 6) is -2.00. The molecule has 1 atom stereocenters. The molecule has 0 aliphatic carbocycles. The summed E-state index contributed by atoms with van der Waals surface area (Å²) in [4.78, 5) is 50.4. The third kappa shape index (κ3) is 6.14. The molecule has 0 saturated carbocycles. The van der Waals surface area contributed by atoms with E-state index >= 15 is 0 Å². The first kappa shape index (κ1) is 25.5. The molecule has 36 heavy (non-hydrogen) atoms. The van der Waals surface area contributed by atoms with Crippen LogP contribution in [0, 0.1) is 0 Å². The number of carbonyl (C=O) groups excluding carboxylic acids is 4. The first-order valence-electron chi connectivity index (χ1n) is 11.8. The van der Waals surface area contributed by atoms with Gasteiger partial charge in [-0.2, -0.15) is 0 Å². The highest BCUT2D eigenvalue weighted by Crippen LogP contribution is 2.33. The fraction of sp³-hybridized carbons (Fsp3) is 0.385. The van der Waals surface area contributed by atoms with Crippen LogP contribution in [-0.2, 0) is 30.4 Å². The molecular weight excluding hydrogens is 468 g/mol. The van der Waals surface area contributed by atoms with Crippen LogP contribution in [0.5, 0.6) is 5.75 Å². The molecule has 4 amide bonds. The molecule has 2 aromatic carbocycles. The summed E-state index contributed by atoms with van der Waals surface area (Å²) in [6.07, 6.45) is 0.163. The second-order valence-corrected chi connectivity index (χ2v) is 8.24. The average molecular weight is 497 g/mol. The Morgan fingerprint density at radius 2 is 1.47 bits per heavy atom. The summed E-state index contributed by atoms with van der Waals surface area (Å²) in [5.41, 5.74) is 1.40. The third-order valence-corrected chi connectivity index (χ3v) is 5.77. The van der Waals surface area contributed by atoms with Gasteiger partial charge in [-0.25, -0.2) is 0 Å². The molecule has 10 heteroatoms. The topological polar surface area (TPSA) is 120 Å². The van der Waals surface area contributed by atoms with Crippen molar-refractivity contribution in [2.24, 2.45) is 0 Å². The quantitative estimate of drug-likeness (QED) is 0.329. The van der Waals surface area contributed by atoms with Crippen LogP contribution in [0.3, 0.4) is 0 Å². The van der Waals surface area contributed by atoms with Crippen molar-refractivity contribution in [1.82, 2.24) is 10.2 Å². The maximum atomic E-state index is 13.0. The van der Waals surface area contributed by atoms with Gasteiger partial charge in [-0.15, -0.1) is 0 Å². The maximum absolute atomic E-state index is 13.0. The van der Waals surface area contributed by atoms with Crippen LogP contribution in [-0.4, -0.2) is 74.2 Å². The van der Waals surface area contributed by atoms with Gasteiger partial charge in [-0.3, -0.25) is 29.4 Å². The Hall–Kier alpha value is -3.60. The number of fused-ring (bicyclic) bond motifs is 1. The van der Waals surface area contributed by atoms with E-state index in [1.165, 1.54) is 6.07 Å². The molecule has 2 aliphatic heterocycles. The van der Waals surface area contributed by atoms with Crippen molar-refractivity contribution in [2.45, 2.75) is 25.5 Å². The highest BCUT2D eigenvalue weighted by molar-refractivity contribution is 6.24. The number of piperidine rings is 1. The lowest BCUT2D eigenvalue weighted by Crippen LogP contribution is -2.54. The average Bonchev–Trinajstić information content (AvgIpc) is 3.13. The summed E-state index contributed by atoms with van der Waals surface area (Å²) in [6.45, 7) is 2.69. The number of amides is 4. The highest BCUT2D eigenvalue weighted by Gasteiger charge is 2.45. The van der Waals surface area contributed by atoms with Crippen molar-refractivity contribution in [3.05, 3.63) is 65.2 Å². The largest absolute Gasteiger partial charge is 0.490 e. The van der Waals surface area contributed by atoms with E-state index in [9.17, 15) is 19.2 Å². The number of ether oxygens (including phenoxy) is 4. The van der Waals surface area contributed by atoms with Gasteiger partial charge in [-0.1, -0.05) is 36.4 Å². The number of benzene rings is 2. The zero-order chi connectivity index (χ0) is 25.3. The van der Waals surface area contributed by atoms with E-state index in [4.69, 9.17) is 18.9 Å². The highest BCUT2D eigenvalue weighted by atomic mass is 16.6. The monoisotopic (exact) mass is 496 g/mol. The second kappa shape index (κ2) is 12.4. The number of imide groups is 2. The minimum absolute atomic E-state index is 0.0644. The van der Waals surface area contributed by atoms with Gasteiger partial charge in [0.15, 0.2) is 0 Å². The van der Waals surface area contributed by atoms with Crippen molar-refractivity contribution in [1.29, 1.82) is 0 Å². The minimum Gasteiger partial charge on any atom is -0.490 e. The first-order chi connectivity index (χ1) is 17.6. The van der Waals surface area contributed by atoms with E-state index in [1.54, 1.807) is 12.1 Å². The number of nitrogens with zero attached hydrogens (tertiary/aromatic N) is 1. The van der Waals surface area contributed by atoms with Crippen molar-refractivity contribution in [3.8, 4) is 5.75 Å². The lowest BCUT2D eigenvalue weighted by molar-refractivity contribution is -0.136. The van der Waals surface area contributed by atoms with E-state index in [1.807, 2.05) is 30.3 Å².